The number of nitrogens with two attached hydrogens (primary N) is 1. The molecule has 5 nitrogen and oxygen atoms in total. The molecule has 0 unspecified atom stereocenters. The number of nitrogen functional groups attached to an aromatic ring is 1. The Bertz CT molecular complexity index is 622. The average Bonchev–Trinajstić information content (AvgIpc) is 2.38. The first-order valence-corrected chi connectivity index (χ1v) is 7.42. The first-order valence-electron chi connectivity index (χ1n) is 6.37. The van der Waals surface area contributed by atoms with Crippen LogP contribution in [0.15, 0.2) is 35.1 Å². The molecule has 4 N–H and O–H groups in total. The third-order valence-electron chi connectivity index (χ3n) is 2.53. The molecule has 1 aromatic heterocycles. The van der Waals surface area contributed by atoms with Crippen LogP contribution < -0.4 is 16.6 Å². The number of hydrogen-bond donors (Lipinski definition) is 3. The summed E-state index contributed by atoms with van der Waals surface area (Å²) in [5.74, 6) is 1.17. The number of nitrogens with one attached hydrogen (secondary N) is 2. The summed E-state index contributed by atoms with van der Waals surface area (Å²) in [7, 11) is 0. The Morgan fingerprint density at radius 1 is 1.35 bits per heavy atom. The number of rotatable bonds is 5. The van der Waals surface area contributed by atoms with Crippen LogP contribution >= 0.6 is 11.8 Å². The van der Waals surface area contributed by atoms with Gasteiger partial charge in [0.2, 0.25) is 5.95 Å². The summed E-state index contributed by atoms with van der Waals surface area (Å²) in [6.45, 7) is 4.23. The van der Waals surface area contributed by atoms with E-state index in [1.165, 1.54) is 6.07 Å². The lowest BCUT2D eigenvalue weighted by atomic mass is 10.3. The van der Waals surface area contributed by atoms with Gasteiger partial charge in [0.15, 0.2) is 0 Å². The predicted molar refractivity (Wildman–Crippen MR) is 85.4 cm³/mol. The summed E-state index contributed by atoms with van der Waals surface area (Å²) < 4.78 is 0. The van der Waals surface area contributed by atoms with Crippen molar-refractivity contribution in [2.75, 3.05) is 11.1 Å². The molecule has 0 aliphatic carbocycles. The van der Waals surface area contributed by atoms with Gasteiger partial charge in [-0.1, -0.05) is 13.8 Å². The van der Waals surface area contributed by atoms with Crippen molar-refractivity contribution in [2.45, 2.75) is 24.9 Å². The van der Waals surface area contributed by atoms with Crippen LogP contribution in [0, 0.1) is 0 Å². The second kappa shape index (κ2) is 6.47. The smallest absolute Gasteiger partial charge is 0.252 e. The Labute approximate surface area is 122 Å². The van der Waals surface area contributed by atoms with Crippen molar-refractivity contribution in [1.29, 1.82) is 0 Å². The lowest BCUT2D eigenvalue weighted by Gasteiger charge is -2.08. The van der Waals surface area contributed by atoms with Crippen molar-refractivity contribution < 1.29 is 0 Å². The van der Waals surface area contributed by atoms with Gasteiger partial charge in [0, 0.05) is 23.2 Å². The maximum absolute atomic E-state index is 11.6. The maximum atomic E-state index is 11.6. The fourth-order valence-corrected chi connectivity index (χ4v) is 2.25. The fraction of sp³-hybridized carbons (Fsp3) is 0.286. The summed E-state index contributed by atoms with van der Waals surface area (Å²) in [5.41, 5.74) is 7.77. The maximum Gasteiger partial charge on any atom is 0.252 e. The Kier molecular flexibility index (Phi) is 4.68. The highest BCUT2D eigenvalue weighted by atomic mass is 32.2. The van der Waals surface area contributed by atoms with Gasteiger partial charge in [-0.3, -0.25) is 9.78 Å². The van der Waals surface area contributed by atoms with Crippen molar-refractivity contribution >= 4 is 29.1 Å². The van der Waals surface area contributed by atoms with Gasteiger partial charge in [0.05, 0.1) is 5.69 Å². The number of thioether (sulfide) groups is 1. The van der Waals surface area contributed by atoms with Crippen LogP contribution in [0.5, 0.6) is 0 Å². The summed E-state index contributed by atoms with van der Waals surface area (Å²) in [5, 5.41) is 3.57. The normalized spacial score (nSPS) is 10.8. The van der Waals surface area contributed by atoms with Gasteiger partial charge in [-0.2, -0.15) is 11.8 Å². The highest BCUT2D eigenvalue weighted by Crippen LogP contribution is 2.17. The van der Waals surface area contributed by atoms with E-state index in [0.29, 0.717) is 16.9 Å². The zero-order chi connectivity index (χ0) is 14.5. The Balaban J connectivity index is 2.15. The zero-order valence-corrected chi connectivity index (χ0v) is 12.3. The van der Waals surface area contributed by atoms with Crippen LogP contribution in [0.25, 0.3) is 0 Å². The van der Waals surface area contributed by atoms with Crippen molar-refractivity contribution in [3.63, 3.8) is 0 Å². The number of hydrogen-bond acceptors (Lipinski definition) is 5. The van der Waals surface area contributed by atoms with E-state index in [1.807, 2.05) is 12.1 Å². The molecule has 20 heavy (non-hydrogen) atoms. The summed E-state index contributed by atoms with van der Waals surface area (Å²) >= 11 is 1.75. The van der Waals surface area contributed by atoms with Crippen molar-refractivity contribution in [3.05, 3.63) is 46.4 Å². The van der Waals surface area contributed by atoms with Gasteiger partial charge in [0.1, 0.15) is 0 Å². The quantitative estimate of drug-likeness (QED) is 0.737. The molecule has 0 aliphatic heterocycles. The number of aromatic nitrogens is 2. The molecule has 2 aromatic rings. The summed E-state index contributed by atoms with van der Waals surface area (Å²) in [6, 6.07) is 8.79. The fourth-order valence-electron chi connectivity index (χ4n) is 1.60. The zero-order valence-electron chi connectivity index (χ0n) is 11.5. The van der Waals surface area contributed by atoms with Crippen LogP contribution in [0.4, 0.5) is 17.3 Å². The lowest BCUT2D eigenvalue weighted by molar-refractivity contribution is 1.05. The lowest BCUT2D eigenvalue weighted by Crippen LogP contribution is -2.12. The molecule has 0 atom stereocenters. The van der Waals surface area contributed by atoms with Crippen molar-refractivity contribution in [2.24, 2.45) is 0 Å². The van der Waals surface area contributed by atoms with E-state index in [0.717, 1.165) is 17.1 Å². The van der Waals surface area contributed by atoms with Gasteiger partial charge < -0.3 is 11.1 Å². The topological polar surface area (TPSA) is 83.8 Å². The molecule has 106 valence electrons. The molecule has 1 heterocycles. The average molecular weight is 290 g/mol. The minimum Gasteiger partial charge on any atom is -0.399 e. The Hall–Kier alpha value is -1.95. The van der Waals surface area contributed by atoms with E-state index in [4.69, 9.17) is 5.73 Å². The highest BCUT2D eigenvalue weighted by Gasteiger charge is 2.04. The molecule has 0 saturated carbocycles. The molecule has 0 radical (unpaired) electrons. The molecule has 6 heteroatoms. The van der Waals surface area contributed by atoms with Gasteiger partial charge >= 0.3 is 0 Å². The van der Waals surface area contributed by atoms with E-state index in [-0.39, 0.29) is 5.56 Å². The van der Waals surface area contributed by atoms with Gasteiger partial charge in [-0.15, -0.1) is 0 Å². The number of nitrogens with zero attached hydrogens (tertiary/aromatic N) is 1. The van der Waals surface area contributed by atoms with Gasteiger partial charge in [-0.25, -0.2) is 4.98 Å². The largest absolute Gasteiger partial charge is 0.399 e. The minimum absolute atomic E-state index is 0.155. The molecule has 0 amide bonds. The first-order chi connectivity index (χ1) is 9.52. The Morgan fingerprint density at radius 2 is 2.05 bits per heavy atom. The van der Waals surface area contributed by atoms with Gasteiger partial charge in [0.25, 0.3) is 5.56 Å². The molecular weight excluding hydrogens is 272 g/mol. The third kappa shape index (κ3) is 4.31. The minimum atomic E-state index is -0.155. The standard InChI is InChI=1S/C14H18N4OS/c1-9(2)20-8-12-7-13(19)18-14(17-12)16-11-5-3-10(15)4-6-11/h3-7,9H,8,15H2,1-2H3,(H2,16,17,18,19). The summed E-state index contributed by atoms with van der Waals surface area (Å²) in [6.07, 6.45) is 0. The molecular formula is C14H18N4OS. The highest BCUT2D eigenvalue weighted by molar-refractivity contribution is 7.99. The van der Waals surface area contributed by atoms with E-state index >= 15 is 0 Å². The first kappa shape index (κ1) is 14.5. The van der Waals surface area contributed by atoms with E-state index in [2.05, 4.69) is 29.1 Å². The SMILES string of the molecule is CC(C)SCc1cc(=O)[nH]c(Nc2ccc(N)cc2)n1. The van der Waals surface area contributed by atoms with Gasteiger partial charge in [-0.05, 0) is 29.5 Å². The number of benzene rings is 1. The van der Waals surface area contributed by atoms with Crippen LogP contribution in [-0.4, -0.2) is 15.2 Å². The monoisotopic (exact) mass is 290 g/mol. The summed E-state index contributed by atoms with van der Waals surface area (Å²) in [4.78, 5) is 18.7. The number of H-pyrrole nitrogens is 1. The van der Waals surface area contributed by atoms with Crippen LogP contribution in [0.1, 0.15) is 19.5 Å². The molecule has 0 bridgehead atoms. The van der Waals surface area contributed by atoms with Crippen molar-refractivity contribution in [3.8, 4) is 0 Å². The molecule has 1 aromatic carbocycles. The molecule has 0 aliphatic rings. The third-order valence-corrected chi connectivity index (χ3v) is 3.66. The van der Waals surface area contributed by atoms with Crippen LogP contribution in [0.3, 0.4) is 0 Å². The second-order valence-corrected chi connectivity index (χ2v) is 6.26. The molecule has 0 saturated heterocycles. The predicted octanol–water partition coefficient (Wildman–Crippen LogP) is 2.74. The van der Waals surface area contributed by atoms with E-state index in [1.54, 1.807) is 23.9 Å². The van der Waals surface area contributed by atoms with E-state index < -0.39 is 0 Å². The molecule has 2 rings (SSSR count). The molecule has 0 fully saturated rings. The van der Waals surface area contributed by atoms with Crippen molar-refractivity contribution in [1.82, 2.24) is 9.97 Å². The second-order valence-electron chi connectivity index (χ2n) is 4.69. The number of anilines is 3. The van der Waals surface area contributed by atoms with Crippen LogP contribution in [-0.2, 0) is 5.75 Å². The molecule has 0 spiro atoms. The number of aromatic amines is 1. The van der Waals surface area contributed by atoms with Crippen LogP contribution in [0.2, 0.25) is 0 Å². The van der Waals surface area contributed by atoms with E-state index in [9.17, 15) is 4.79 Å². The Morgan fingerprint density at radius 3 is 2.70 bits per heavy atom.